The van der Waals surface area contributed by atoms with Crippen LogP contribution in [0.2, 0.25) is 0 Å². The third-order valence-corrected chi connectivity index (χ3v) is 7.31. The van der Waals surface area contributed by atoms with Gasteiger partial charge in [0.25, 0.3) is 0 Å². The van der Waals surface area contributed by atoms with E-state index in [9.17, 15) is 14.7 Å². The van der Waals surface area contributed by atoms with E-state index in [0.29, 0.717) is 36.9 Å². The molecule has 2 unspecified atom stereocenters. The molecule has 0 aromatic rings. The van der Waals surface area contributed by atoms with E-state index < -0.39 is 5.97 Å². The minimum atomic E-state index is -1.04. The van der Waals surface area contributed by atoms with Crippen LogP contribution in [0.3, 0.4) is 0 Å². The highest BCUT2D eigenvalue weighted by Gasteiger charge is 2.42. The molecule has 0 saturated heterocycles. The van der Waals surface area contributed by atoms with Crippen LogP contribution in [0.15, 0.2) is 45.1 Å². The van der Waals surface area contributed by atoms with Crippen molar-refractivity contribution in [1.29, 1.82) is 0 Å². The number of amides is 1. The smallest absolute Gasteiger partial charge is 0.339 e. The Labute approximate surface area is 194 Å². The maximum atomic E-state index is 12.4. The van der Waals surface area contributed by atoms with Gasteiger partial charge in [-0.15, -0.1) is 0 Å². The number of allylic oxidation sites excluding steroid dienone is 1. The van der Waals surface area contributed by atoms with E-state index in [1.807, 2.05) is 6.08 Å². The van der Waals surface area contributed by atoms with Crippen molar-refractivity contribution >= 4 is 23.8 Å². The average Bonchev–Trinajstić information content (AvgIpc) is 2.80. The lowest BCUT2D eigenvalue weighted by Gasteiger charge is -2.40. The summed E-state index contributed by atoms with van der Waals surface area (Å²) in [5, 5.41) is 12.8. The molecule has 1 saturated carbocycles. The molecule has 4 N–H and O–H groups in total. The van der Waals surface area contributed by atoms with Crippen molar-refractivity contribution in [3.05, 3.63) is 35.1 Å². The van der Waals surface area contributed by atoms with Crippen molar-refractivity contribution in [2.24, 2.45) is 33.5 Å². The molecule has 2 aliphatic heterocycles. The molecule has 0 aromatic heterocycles. The summed E-state index contributed by atoms with van der Waals surface area (Å²) in [5.41, 5.74) is 8.12. The summed E-state index contributed by atoms with van der Waals surface area (Å²) in [4.78, 5) is 32.9. The van der Waals surface area contributed by atoms with Crippen molar-refractivity contribution in [2.75, 3.05) is 13.2 Å². The zero-order valence-electron chi connectivity index (χ0n) is 19.4. The first kappa shape index (κ1) is 23.4. The van der Waals surface area contributed by atoms with E-state index in [1.165, 1.54) is 0 Å². The molecule has 4 aliphatic rings. The van der Waals surface area contributed by atoms with E-state index in [1.54, 1.807) is 19.2 Å². The van der Waals surface area contributed by atoms with Gasteiger partial charge in [-0.25, -0.2) is 4.79 Å². The minimum absolute atomic E-state index is 0.0272. The molecular weight excluding hydrogens is 420 g/mol. The Morgan fingerprint density at radius 1 is 1.24 bits per heavy atom. The van der Waals surface area contributed by atoms with Crippen molar-refractivity contribution in [1.82, 2.24) is 5.32 Å². The second kappa shape index (κ2) is 10.0. The van der Waals surface area contributed by atoms with Crippen LogP contribution in [0.5, 0.6) is 0 Å². The van der Waals surface area contributed by atoms with Crippen LogP contribution in [-0.4, -0.2) is 60.2 Å². The first-order chi connectivity index (χ1) is 15.8. The van der Waals surface area contributed by atoms with E-state index in [0.717, 1.165) is 31.3 Å². The van der Waals surface area contributed by atoms with Gasteiger partial charge in [-0.3, -0.25) is 14.8 Å². The number of carbonyl (C=O) groups excluding carboxylic acids is 1. The SMILES string of the molecule is CC1=NC2C=CC(C)[C@H](OCC3CCC(NC(=O)C4=CC=NCC4)CC3)[C@@H]2C(N)=C1C(=O)O. The van der Waals surface area contributed by atoms with Crippen LogP contribution in [-0.2, 0) is 14.3 Å². The van der Waals surface area contributed by atoms with E-state index >= 15 is 0 Å². The number of rotatable bonds is 6. The van der Waals surface area contributed by atoms with Gasteiger partial charge in [-0.1, -0.05) is 19.1 Å². The quantitative estimate of drug-likeness (QED) is 0.531. The van der Waals surface area contributed by atoms with Crippen LogP contribution in [0.25, 0.3) is 0 Å². The fourth-order valence-corrected chi connectivity index (χ4v) is 5.39. The number of aliphatic imine (C=N–C) groups is 2. The topological polar surface area (TPSA) is 126 Å². The van der Waals surface area contributed by atoms with Gasteiger partial charge >= 0.3 is 5.97 Å². The Kier molecular flexibility index (Phi) is 7.12. The molecule has 2 aliphatic carbocycles. The molecule has 8 nitrogen and oxygen atoms in total. The van der Waals surface area contributed by atoms with Gasteiger partial charge in [-0.2, -0.15) is 0 Å². The standard InChI is InChI=1S/C25H34N4O4/c1-14-3-8-19-21(22(26)20(25(31)32)15(2)28-19)23(14)33-13-16-4-6-18(7-5-16)29-24(30)17-9-11-27-12-10-17/h3,8-9,11,14,16,18-19,21,23H,4-7,10,12-13,26H2,1-2H3,(H,29,30)(H,31,32)/t14?,16?,18?,19?,21-,23-/m0/s1. The molecule has 4 atom stereocenters. The van der Waals surface area contributed by atoms with Crippen LogP contribution in [0.1, 0.15) is 46.0 Å². The number of carboxylic acids is 1. The van der Waals surface area contributed by atoms with Gasteiger partial charge in [0.05, 0.1) is 23.6 Å². The van der Waals surface area contributed by atoms with Gasteiger partial charge in [-0.05, 0) is 51.0 Å². The van der Waals surface area contributed by atoms with Gasteiger partial charge < -0.3 is 20.9 Å². The molecule has 0 radical (unpaired) electrons. The van der Waals surface area contributed by atoms with Gasteiger partial charge in [0.1, 0.15) is 0 Å². The Hall–Kier alpha value is -2.74. The molecule has 1 amide bonds. The predicted molar refractivity (Wildman–Crippen MR) is 127 cm³/mol. The van der Waals surface area contributed by atoms with Crippen LogP contribution in [0, 0.1) is 17.8 Å². The van der Waals surface area contributed by atoms with Gasteiger partial charge in [0.2, 0.25) is 5.91 Å². The molecule has 4 rings (SSSR count). The summed E-state index contributed by atoms with van der Waals surface area (Å²) >= 11 is 0. The number of nitrogens with two attached hydrogens (primary N) is 1. The Bertz CT molecular complexity index is 940. The third kappa shape index (κ3) is 5.11. The minimum Gasteiger partial charge on any atom is -0.478 e. The fourth-order valence-electron chi connectivity index (χ4n) is 5.39. The number of dihydropyridines is 2. The van der Waals surface area contributed by atoms with Crippen molar-refractivity contribution in [3.63, 3.8) is 0 Å². The predicted octanol–water partition coefficient (Wildman–Crippen LogP) is 2.41. The number of ether oxygens (including phenoxy) is 1. The zero-order valence-corrected chi connectivity index (χ0v) is 19.4. The van der Waals surface area contributed by atoms with Crippen LogP contribution in [0.4, 0.5) is 0 Å². The first-order valence-electron chi connectivity index (χ1n) is 11.9. The highest BCUT2D eigenvalue weighted by atomic mass is 16.5. The Morgan fingerprint density at radius 3 is 2.67 bits per heavy atom. The normalized spacial score (nSPS) is 33.8. The second-order valence-corrected chi connectivity index (χ2v) is 9.60. The largest absolute Gasteiger partial charge is 0.478 e. The lowest BCUT2D eigenvalue weighted by molar-refractivity contribution is -0.132. The number of hydrogen-bond acceptors (Lipinski definition) is 6. The molecule has 178 valence electrons. The maximum Gasteiger partial charge on any atom is 0.339 e. The van der Waals surface area contributed by atoms with Crippen molar-refractivity contribution < 1.29 is 19.4 Å². The summed E-state index contributed by atoms with van der Waals surface area (Å²) < 4.78 is 6.41. The number of nitrogens with one attached hydrogen (secondary N) is 1. The van der Waals surface area contributed by atoms with Crippen molar-refractivity contribution in [2.45, 2.75) is 64.1 Å². The molecule has 0 aromatic carbocycles. The van der Waals surface area contributed by atoms with Crippen LogP contribution >= 0.6 is 0 Å². The molecule has 8 heteroatoms. The summed E-state index contributed by atoms with van der Waals surface area (Å²) in [6, 6.07) is 0.0150. The zero-order chi connectivity index (χ0) is 23.5. The maximum absolute atomic E-state index is 12.4. The molecule has 0 spiro atoms. The van der Waals surface area contributed by atoms with E-state index in [-0.39, 0.29) is 41.5 Å². The van der Waals surface area contributed by atoms with Crippen molar-refractivity contribution in [3.8, 4) is 0 Å². The lowest BCUT2D eigenvalue weighted by Crippen LogP contribution is -2.46. The number of carboxylic acid groups (broad SMARTS) is 1. The third-order valence-electron chi connectivity index (χ3n) is 7.31. The lowest BCUT2D eigenvalue weighted by atomic mass is 9.76. The molecule has 1 fully saturated rings. The second-order valence-electron chi connectivity index (χ2n) is 9.60. The van der Waals surface area contributed by atoms with Crippen LogP contribution < -0.4 is 11.1 Å². The number of aliphatic carboxylic acids is 1. The number of nitrogens with zero attached hydrogens (tertiary/aromatic N) is 2. The fraction of sp³-hybridized carbons (Fsp3) is 0.600. The monoisotopic (exact) mass is 454 g/mol. The summed E-state index contributed by atoms with van der Waals surface area (Å²) in [5.74, 6) is -0.739. The Morgan fingerprint density at radius 2 is 2.00 bits per heavy atom. The molecule has 0 bridgehead atoms. The number of hydrogen-bond donors (Lipinski definition) is 3. The number of carbonyl (C=O) groups is 2. The van der Waals surface area contributed by atoms with Gasteiger partial charge in [0, 0.05) is 48.3 Å². The number of fused-ring (bicyclic) bond motifs is 1. The molecular formula is C25H34N4O4. The average molecular weight is 455 g/mol. The molecule has 33 heavy (non-hydrogen) atoms. The van der Waals surface area contributed by atoms with E-state index in [2.05, 4.69) is 28.3 Å². The summed E-state index contributed by atoms with van der Waals surface area (Å²) in [7, 11) is 0. The summed E-state index contributed by atoms with van der Waals surface area (Å²) in [6.45, 7) is 5.06. The van der Waals surface area contributed by atoms with Gasteiger partial charge in [0.15, 0.2) is 0 Å². The summed E-state index contributed by atoms with van der Waals surface area (Å²) in [6.07, 6.45) is 12.0. The Balaban J connectivity index is 1.32. The van der Waals surface area contributed by atoms with E-state index in [4.69, 9.17) is 10.5 Å². The molecule has 2 heterocycles. The highest BCUT2D eigenvalue weighted by molar-refractivity contribution is 6.19. The first-order valence-corrected chi connectivity index (χ1v) is 11.9. The highest BCUT2D eigenvalue weighted by Crippen LogP contribution is 2.37.